The third kappa shape index (κ3) is 3.34. The van der Waals surface area contributed by atoms with Gasteiger partial charge in [0.25, 0.3) is 0 Å². The number of benzene rings is 2. The molecule has 0 saturated carbocycles. The van der Waals surface area contributed by atoms with Gasteiger partial charge in [0.1, 0.15) is 24.7 Å². The summed E-state index contributed by atoms with van der Waals surface area (Å²) in [4.78, 5) is 2.24. The van der Waals surface area contributed by atoms with Gasteiger partial charge in [0, 0.05) is 0 Å². The number of aliphatic hydroxyl groups excluding tert-OH is 1. The van der Waals surface area contributed by atoms with Gasteiger partial charge in [-0.1, -0.05) is 23.8 Å². The van der Waals surface area contributed by atoms with Crippen LogP contribution in [-0.2, 0) is 6.61 Å². The highest BCUT2D eigenvalue weighted by Crippen LogP contribution is 2.32. The van der Waals surface area contributed by atoms with Crippen LogP contribution in [0.1, 0.15) is 11.1 Å². The van der Waals surface area contributed by atoms with Crippen LogP contribution in [0.2, 0.25) is 0 Å². The predicted octanol–water partition coefficient (Wildman–Crippen LogP) is 2.77. The van der Waals surface area contributed by atoms with Crippen molar-refractivity contribution in [2.24, 2.45) is 0 Å². The molecule has 4 heteroatoms. The van der Waals surface area contributed by atoms with Gasteiger partial charge in [-0.05, 0) is 36.8 Å². The molecule has 0 amide bonds. The van der Waals surface area contributed by atoms with E-state index in [1.54, 1.807) is 0 Å². The van der Waals surface area contributed by atoms with Crippen molar-refractivity contribution in [2.45, 2.75) is 13.5 Å². The van der Waals surface area contributed by atoms with E-state index < -0.39 is 0 Å². The number of fused-ring (bicyclic) bond motifs is 1. The Labute approximate surface area is 130 Å². The van der Waals surface area contributed by atoms with Gasteiger partial charge < -0.3 is 19.5 Å². The largest absolute Gasteiger partial charge is 0.492 e. The minimum absolute atomic E-state index is 0.0426. The summed E-state index contributed by atoms with van der Waals surface area (Å²) >= 11 is 0. The zero-order valence-corrected chi connectivity index (χ0v) is 12.8. The van der Waals surface area contributed by atoms with E-state index in [0.717, 1.165) is 35.8 Å². The number of aryl methyl sites for hydroxylation is 1. The van der Waals surface area contributed by atoms with Crippen molar-refractivity contribution in [3.8, 4) is 11.5 Å². The van der Waals surface area contributed by atoms with Crippen LogP contribution in [-0.4, -0.2) is 31.4 Å². The smallest absolute Gasteiger partial charge is 0.142 e. The molecule has 0 saturated heterocycles. The van der Waals surface area contributed by atoms with E-state index in [0.29, 0.717) is 13.2 Å². The molecule has 0 unspecified atom stereocenters. The zero-order chi connectivity index (χ0) is 15.4. The number of hydrogen-bond acceptors (Lipinski definition) is 4. The topological polar surface area (TPSA) is 41.9 Å². The fraction of sp³-hybridized carbons (Fsp3) is 0.333. The average molecular weight is 299 g/mol. The standard InChI is InChI=1S/C18H21NO3/c1-14-2-5-16(6-3-14)21-10-8-19-9-11-22-18-7-4-15(13-20)12-17(18)19/h2-7,12,20H,8-11,13H2,1H3. The summed E-state index contributed by atoms with van der Waals surface area (Å²) < 4.78 is 11.5. The van der Waals surface area contributed by atoms with E-state index in [2.05, 4.69) is 11.8 Å². The zero-order valence-electron chi connectivity index (χ0n) is 12.8. The van der Waals surface area contributed by atoms with E-state index in [9.17, 15) is 5.11 Å². The predicted molar refractivity (Wildman–Crippen MR) is 86.7 cm³/mol. The molecule has 4 nitrogen and oxygen atoms in total. The van der Waals surface area contributed by atoms with Crippen LogP contribution in [0.4, 0.5) is 5.69 Å². The fourth-order valence-corrected chi connectivity index (χ4v) is 2.56. The summed E-state index contributed by atoms with van der Waals surface area (Å²) in [5, 5.41) is 9.29. The Kier molecular flexibility index (Phi) is 4.49. The first-order valence-electron chi connectivity index (χ1n) is 7.57. The number of aliphatic hydroxyl groups is 1. The first-order chi connectivity index (χ1) is 10.8. The summed E-state index contributed by atoms with van der Waals surface area (Å²) in [5.74, 6) is 1.77. The van der Waals surface area contributed by atoms with Gasteiger partial charge in [-0.15, -0.1) is 0 Å². The van der Waals surface area contributed by atoms with Crippen molar-refractivity contribution in [2.75, 3.05) is 31.2 Å². The highest BCUT2D eigenvalue weighted by molar-refractivity contribution is 5.61. The van der Waals surface area contributed by atoms with Crippen LogP contribution in [0.5, 0.6) is 11.5 Å². The van der Waals surface area contributed by atoms with Gasteiger partial charge >= 0.3 is 0 Å². The molecule has 1 N–H and O–H groups in total. The molecule has 0 atom stereocenters. The molecule has 0 spiro atoms. The summed E-state index contributed by atoms with van der Waals surface area (Å²) in [5.41, 5.74) is 3.16. The third-order valence-electron chi connectivity index (χ3n) is 3.82. The lowest BCUT2D eigenvalue weighted by Gasteiger charge is -2.31. The fourth-order valence-electron chi connectivity index (χ4n) is 2.56. The first kappa shape index (κ1) is 14.7. The molecule has 0 aromatic heterocycles. The highest BCUT2D eigenvalue weighted by atomic mass is 16.5. The van der Waals surface area contributed by atoms with Crippen LogP contribution in [0.15, 0.2) is 42.5 Å². The number of nitrogens with zero attached hydrogens (tertiary/aromatic N) is 1. The molecule has 0 aliphatic carbocycles. The molecule has 2 aromatic rings. The van der Waals surface area contributed by atoms with Gasteiger partial charge in [-0.2, -0.15) is 0 Å². The molecular formula is C18H21NO3. The van der Waals surface area contributed by atoms with Crippen LogP contribution < -0.4 is 14.4 Å². The summed E-state index contributed by atoms with van der Waals surface area (Å²) in [6.45, 7) is 5.02. The van der Waals surface area contributed by atoms with E-state index in [1.165, 1.54) is 5.56 Å². The number of anilines is 1. The first-order valence-corrected chi connectivity index (χ1v) is 7.57. The van der Waals surface area contributed by atoms with Gasteiger partial charge in [0.2, 0.25) is 0 Å². The molecule has 1 heterocycles. The Morgan fingerprint density at radius 1 is 1.18 bits per heavy atom. The van der Waals surface area contributed by atoms with E-state index in [4.69, 9.17) is 9.47 Å². The Hall–Kier alpha value is -2.20. The van der Waals surface area contributed by atoms with Crippen molar-refractivity contribution in [1.29, 1.82) is 0 Å². The second-order valence-corrected chi connectivity index (χ2v) is 5.46. The Morgan fingerprint density at radius 3 is 2.77 bits per heavy atom. The lowest BCUT2D eigenvalue weighted by molar-refractivity contribution is 0.278. The number of ether oxygens (including phenoxy) is 2. The van der Waals surface area contributed by atoms with Crippen molar-refractivity contribution >= 4 is 5.69 Å². The number of hydrogen-bond donors (Lipinski definition) is 1. The maximum atomic E-state index is 9.29. The lowest BCUT2D eigenvalue weighted by Crippen LogP contribution is -2.35. The van der Waals surface area contributed by atoms with Gasteiger partial charge in [-0.25, -0.2) is 0 Å². The maximum Gasteiger partial charge on any atom is 0.142 e. The Morgan fingerprint density at radius 2 is 2.00 bits per heavy atom. The molecule has 3 rings (SSSR count). The lowest BCUT2D eigenvalue weighted by atomic mass is 10.1. The highest BCUT2D eigenvalue weighted by Gasteiger charge is 2.18. The average Bonchev–Trinajstić information content (AvgIpc) is 2.56. The molecule has 0 bridgehead atoms. The van der Waals surface area contributed by atoms with Crippen molar-refractivity contribution in [3.05, 3.63) is 53.6 Å². The van der Waals surface area contributed by atoms with E-state index in [-0.39, 0.29) is 6.61 Å². The molecule has 116 valence electrons. The van der Waals surface area contributed by atoms with Crippen LogP contribution in [0, 0.1) is 6.92 Å². The third-order valence-corrected chi connectivity index (χ3v) is 3.82. The van der Waals surface area contributed by atoms with Crippen LogP contribution in [0.3, 0.4) is 0 Å². The van der Waals surface area contributed by atoms with Gasteiger partial charge in [-0.3, -0.25) is 0 Å². The summed E-state index contributed by atoms with van der Waals surface area (Å²) in [6.07, 6.45) is 0. The SMILES string of the molecule is Cc1ccc(OCCN2CCOc3ccc(CO)cc32)cc1. The molecule has 22 heavy (non-hydrogen) atoms. The maximum absolute atomic E-state index is 9.29. The second kappa shape index (κ2) is 6.71. The minimum atomic E-state index is 0.0426. The van der Waals surface area contributed by atoms with E-state index >= 15 is 0 Å². The Balaban J connectivity index is 1.63. The van der Waals surface area contributed by atoms with E-state index in [1.807, 2.05) is 42.5 Å². The van der Waals surface area contributed by atoms with Crippen molar-refractivity contribution in [1.82, 2.24) is 0 Å². The molecule has 0 radical (unpaired) electrons. The van der Waals surface area contributed by atoms with Crippen molar-refractivity contribution < 1.29 is 14.6 Å². The van der Waals surface area contributed by atoms with Gasteiger partial charge in [0.05, 0.1) is 25.4 Å². The number of rotatable bonds is 5. The summed E-state index contributed by atoms with van der Waals surface area (Å²) in [6, 6.07) is 13.9. The quantitative estimate of drug-likeness (QED) is 0.922. The van der Waals surface area contributed by atoms with Gasteiger partial charge in [0.15, 0.2) is 0 Å². The van der Waals surface area contributed by atoms with Crippen LogP contribution >= 0.6 is 0 Å². The Bertz CT molecular complexity index is 625. The minimum Gasteiger partial charge on any atom is -0.492 e. The normalized spacial score (nSPS) is 13.5. The molecule has 1 aliphatic heterocycles. The second-order valence-electron chi connectivity index (χ2n) is 5.46. The van der Waals surface area contributed by atoms with Crippen molar-refractivity contribution in [3.63, 3.8) is 0 Å². The monoisotopic (exact) mass is 299 g/mol. The van der Waals surface area contributed by atoms with Crippen LogP contribution in [0.25, 0.3) is 0 Å². The molecular weight excluding hydrogens is 278 g/mol. The molecule has 0 fully saturated rings. The molecule has 2 aromatic carbocycles. The summed E-state index contributed by atoms with van der Waals surface area (Å²) in [7, 11) is 0. The molecule has 1 aliphatic rings.